The van der Waals surface area contributed by atoms with Gasteiger partial charge >= 0.3 is 0 Å². The van der Waals surface area contributed by atoms with Crippen LogP contribution in [0.25, 0.3) is 0 Å². The fourth-order valence-corrected chi connectivity index (χ4v) is 4.46. The van der Waals surface area contributed by atoms with Gasteiger partial charge in [0.15, 0.2) is 0 Å². The summed E-state index contributed by atoms with van der Waals surface area (Å²) in [6, 6.07) is 5.31. The molecule has 1 N–H and O–H groups in total. The number of rotatable bonds is 7. The largest absolute Gasteiger partial charge is 0.376 e. The highest BCUT2D eigenvalue weighted by molar-refractivity contribution is 7.89. The number of ether oxygens (including phenoxy) is 1. The molecular weight excluding hydrogens is 328 g/mol. The average molecular weight is 354 g/mol. The van der Waals surface area contributed by atoms with Gasteiger partial charge in [-0.25, -0.2) is 8.42 Å². The van der Waals surface area contributed by atoms with Crippen LogP contribution < -0.4 is 5.32 Å². The Hall–Kier alpha value is -1.44. The van der Waals surface area contributed by atoms with Crippen LogP contribution in [0.2, 0.25) is 0 Å². The Morgan fingerprint density at radius 2 is 2.12 bits per heavy atom. The third-order valence-electron chi connectivity index (χ3n) is 4.19. The molecule has 0 bridgehead atoms. The highest BCUT2D eigenvalue weighted by Crippen LogP contribution is 2.21. The third kappa shape index (κ3) is 4.55. The van der Waals surface area contributed by atoms with Crippen molar-refractivity contribution in [3.8, 4) is 0 Å². The van der Waals surface area contributed by atoms with Crippen molar-refractivity contribution in [3.05, 3.63) is 29.3 Å². The van der Waals surface area contributed by atoms with Crippen molar-refractivity contribution in [1.82, 2.24) is 9.62 Å². The van der Waals surface area contributed by atoms with Gasteiger partial charge in [-0.15, -0.1) is 0 Å². The van der Waals surface area contributed by atoms with E-state index in [2.05, 4.69) is 5.32 Å². The van der Waals surface area contributed by atoms with Crippen molar-refractivity contribution in [2.75, 3.05) is 26.2 Å². The first-order valence-electron chi connectivity index (χ1n) is 8.30. The van der Waals surface area contributed by atoms with Gasteiger partial charge in [0.1, 0.15) is 0 Å². The van der Waals surface area contributed by atoms with E-state index >= 15 is 0 Å². The summed E-state index contributed by atoms with van der Waals surface area (Å²) in [6.45, 7) is 6.56. The van der Waals surface area contributed by atoms with E-state index in [1.54, 1.807) is 26.0 Å². The minimum Gasteiger partial charge on any atom is -0.376 e. The molecule has 0 aromatic heterocycles. The van der Waals surface area contributed by atoms with E-state index < -0.39 is 10.0 Å². The topological polar surface area (TPSA) is 75.7 Å². The smallest absolute Gasteiger partial charge is 0.243 e. The van der Waals surface area contributed by atoms with Gasteiger partial charge in [0.25, 0.3) is 0 Å². The molecule has 1 aliphatic rings. The minimum absolute atomic E-state index is 0.0413. The minimum atomic E-state index is -3.70. The summed E-state index contributed by atoms with van der Waals surface area (Å²) in [6.07, 6.45) is 1.97. The zero-order valence-corrected chi connectivity index (χ0v) is 15.4. The summed E-state index contributed by atoms with van der Waals surface area (Å²) < 4.78 is 32.4. The molecule has 1 saturated heterocycles. The van der Waals surface area contributed by atoms with Gasteiger partial charge in [-0.05, 0) is 43.9 Å². The van der Waals surface area contributed by atoms with E-state index in [1.807, 2.05) is 13.0 Å². The van der Waals surface area contributed by atoms with E-state index in [-0.39, 0.29) is 30.0 Å². The quantitative estimate of drug-likeness (QED) is 0.807. The second-order valence-electron chi connectivity index (χ2n) is 6.14. The lowest BCUT2D eigenvalue weighted by molar-refractivity contribution is -0.121. The molecular formula is C17H26N2O4S. The molecule has 6 nitrogen and oxygen atoms in total. The van der Waals surface area contributed by atoms with Gasteiger partial charge in [-0.1, -0.05) is 19.1 Å². The highest BCUT2D eigenvalue weighted by atomic mass is 32.2. The summed E-state index contributed by atoms with van der Waals surface area (Å²) in [5.41, 5.74) is 1.55. The monoisotopic (exact) mass is 354 g/mol. The number of hydrogen-bond donors (Lipinski definition) is 1. The predicted molar refractivity (Wildman–Crippen MR) is 92.3 cm³/mol. The predicted octanol–water partition coefficient (Wildman–Crippen LogP) is 1.61. The maximum absolute atomic E-state index is 12.9. The average Bonchev–Trinajstić information content (AvgIpc) is 3.06. The fourth-order valence-electron chi connectivity index (χ4n) is 2.74. The van der Waals surface area contributed by atoms with E-state index in [1.165, 1.54) is 4.31 Å². The van der Waals surface area contributed by atoms with Crippen molar-refractivity contribution in [2.45, 2.75) is 44.6 Å². The van der Waals surface area contributed by atoms with Gasteiger partial charge in [-0.2, -0.15) is 4.31 Å². The maximum Gasteiger partial charge on any atom is 0.243 e. The molecule has 1 fully saturated rings. The number of carbonyl (C=O) groups is 1. The Balaban J connectivity index is 2.05. The standard InChI is InChI=1S/C17H26N2O4S/c1-4-19(12-17(20)18-11-15-6-5-9-23-15)24(21,22)16-10-13(2)7-8-14(16)3/h7-8,10,15H,4-6,9,11-12H2,1-3H3,(H,18,20)/t15-/m1/s1. The first-order valence-corrected chi connectivity index (χ1v) is 9.74. The van der Waals surface area contributed by atoms with Gasteiger partial charge in [0, 0.05) is 19.7 Å². The fraction of sp³-hybridized carbons (Fsp3) is 0.588. The number of amides is 1. The van der Waals surface area contributed by atoms with E-state index in [9.17, 15) is 13.2 Å². The molecule has 1 atom stereocenters. The lowest BCUT2D eigenvalue weighted by Crippen LogP contribution is -2.42. The molecule has 1 aromatic rings. The van der Waals surface area contributed by atoms with Gasteiger partial charge in [0.2, 0.25) is 15.9 Å². The van der Waals surface area contributed by atoms with Crippen molar-refractivity contribution in [3.63, 3.8) is 0 Å². The van der Waals surface area contributed by atoms with Crippen LogP contribution in [0.15, 0.2) is 23.1 Å². The first-order chi connectivity index (χ1) is 11.3. The van der Waals surface area contributed by atoms with Gasteiger partial charge in [0.05, 0.1) is 17.5 Å². The number of nitrogens with one attached hydrogen (secondary N) is 1. The number of benzene rings is 1. The normalized spacial score (nSPS) is 18.1. The van der Waals surface area contributed by atoms with Crippen LogP contribution in [0.5, 0.6) is 0 Å². The van der Waals surface area contributed by atoms with Gasteiger partial charge in [-0.3, -0.25) is 4.79 Å². The molecule has 1 aliphatic heterocycles. The van der Waals surface area contributed by atoms with E-state index in [4.69, 9.17) is 4.74 Å². The van der Waals surface area contributed by atoms with Crippen molar-refractivity contribution >= 4 is 15.9 Å². The number of likely N-dealkylation sites (N-methyl/N-ethyl adjacent to an activating group) is 1. The van der Waals surface area contributed by atoms with Crippen LogP contribution in [-0.4, -0.2) is 51.0 Å². The van der Waals surface area contributed by atoms with Crippen LogP contribution in [0.3, 0.4) is 0 Å². The molecule has 0 spiro atoms. The van der Waals surface area contributed by atoms with Crippen molar-refractivity contribution < 1.29 is 17.9 Å². The van der Waals surface area contributed by atoms with Crippen LogP contribution in [-0.2, 0) is 19.6 Å². The molecule has 0 radical (unpaired) electrons. The Labute approximate surface area is 144 Å². The second kappa shape index (κ2) is 8.09. The molecule has 0 unspecified atom stereocenters. The van der Waals surface area contributed by atoms with Crippen LogP contribution in [0.4, 0.5) is 0 Å². The molecule has 24 heavy (non-hydrogen) atoms. The van der Waals surface area contributed by atoms with Gasteiger partial charge < -0.3 is 10.1 Å². The zero-order chi connectivity index (χ0) is 17.7. The van der Waals surface area contributed by atoms with Crippen LogP contribution in [0, 0.1) is 13.8 Å². The molecule has 134 valence electrons. The van der Waals surface area contributed by atoms with Crippen molar-refractivity contribution in [2.24, 2.45) is 0 Å². The third-order valence-corrected chi connectivity index (χ3v) is 6.25. The summed E-state index contributed by atoms with van der Waals surface area (Å²) in [7, 11) is -3.70. The molecule has 2 rings (SSSR count). The van der Waals surface area contributed by atoms with E-state index in [0.717, 1.165) is 25.0 Å². The molecule has 1 aromatic carbocycles. The number of aryl methyl sites for hydroxylation is 2. The molecule has 0 saturated carbocycles. The Morgan fingerprint density at radius 1 is 1.38 bits per heavy atom. The summed E-state index contributed by atoms with van der Waals surface area (Å²) in [5.74, 6) is -0.304. The van der Waals surface area contributed by atoms with E-state index in [0.29, 0.717) is 12.1 Å². The highest BCUT2D eigenvalue weighted by Gasteiger charge is 2.27. The van der Waals surface area contributed by atoms with Crippen LogP contribution >= 0.6 is 0 Å². The Kier molecular flexibility index (Phi) is 6.37. The molecule has 0 aliphatic carbocycles. The number of carbonyl (C=O) groups excluding carboxylic acids is 1. The number of nitrogens with zero attached hydrogens (tertiary/aromatic N) is 1. The lowest BCUT2D eigenvalue weighted by Gasteiger charge is -2.22. The maximum atomic E-state index is 12.9. The number of sulfonamides is 1. The van der Waals surface area contributed by atoms with Crippen LogP contribution in [0.1, 0.15) is 30.9 Å². The SMILES string of the molecule is CCN(CC(=O)NC[C@H]1CCCO1)S(=O)(=O)c1cc(C)ccc1C. The first kappa shape index (κ1) is 18.9. The molecule has 1 heterocycles. The summed E-state index contributed by atoms with van der Waals surface area (Å²) >= 11 is 0. The summed E-state index contributed by atoms with van der Waals surface area (Å²) in [4.78, 5) is 12.4. The summed E-state index contributed by atoms with van der Waals surface area (Å²) in [5, 5.41) is 2.77. The number of hydrogen-bond acceptors (Lipinski definition) is 4. The Morgan fingerprint density at radius 3 is 2.75 bits per heavy atom. The zero-order valence-electron chi connectivity index (χ0n) is 14.5. The lowest BCUT2D eigenvalue weighted by atomic mass is 10.2. The Bertz CT molecular complexity index is 682. The molecule has 1 amide bonds. The van der Waals surface area contributed by atoms with Crippen molar-refractivity contribution in [1.29, 1.82) is 0 Å². The second-order valence-corrected chi connectivity index (χ2v) is 8.05. The molecule has 7 heteroatoms.